The second-order valence-corrected chi connectivity index (χ2v) is 12.0. The van der Waals surface area contributed by atoms with Crippen LogP contribution < -0.4 is 5.32 Å². The van der Waals surface area contributed by atoms with Crippen LogP contribution in [0.5, 0.6) is 0 Å². The van der Waals surface area contributed by atoms with E-state index in [1.54, 1.807) is 11.2 Å². The summed E-state index contributed by atoms with van der Waals surface area (Å²) >= 11 is 0. The van der Waals surface area contributed by atoms with Crippen molar-refractivity contribution < 1.29 is 14.6 Å². The lowest BCUT2D eigenvalue weighted by Crippen LogP contribution is -2.42. The number of aliphatic hydroxyl groups is 1. The standard InChI is InChI=1S/C35H37N5O3/c1-34(2,3)43-33(42)40-27(22-41)19-20-29(40)28-21-36-31-30(28)37-23-38-32(31)39-35(24-13-7-4-8-14-24,25-15-9-5-10-16-25)26-17-11-6-12-18-26/h4-18,21,23,27,29,36,41H,19-20,22H2,1-3H3,(H,37,38,39)/t27-,29+/m0/s1. The third-order valence-electron chi connectivity index (χ3n) is 8.10. The van der Waals surface area contributed by atoms with Gasteiger partial charge >= 0.3 is 6.09 Å². The lowest BCUT2D eigenvalue weighted by Gasteiger charge is -2.37. The lowest BCUT2D eigenvalue weighted by atomic mass is 9.77. The Kier molecular flexibility index (Phi) is 7.62. The molecule has 0 saturated carbocycles. The van der Waals surface area contributed by atoms with Gasteiger partial charge in [0.25, 0.3) is 0 Å². The number of aliphatic hydroxyl groups excluding tert-OH is 1. The van der Waals surface area contributed by atoms with Crippen molar-refractivity contribution in [2.45, 2.75) is 56.8 Å². The first-order chi connectivity index (χ1) is 20.8. The molecule has 2 aromatic heterocycles. The fraction of sp³-hybridized carbons (Fsp3) is 0.286. The SMILES string of the molecule is CC(C)(C)OC(=O)N1[C@H](CO)CC[C@@H]1c1c[nH]c2c(NC(c3ccccc3)(c3ccccc3)c3ccccc3)ncnc12. The van der Waals surface area contributed by atoms with E-state index in [1.165, 1.54) is 0 Å². The molecule has 0 unspecified atom stereocenters. The van der Waals surface area contributed by atoms with Gasteiger partial charge in [-0.05, 0) is 50.3 Å². The Balaban J connectivity index is 1.48. The molecule has 2 atom stereocenters. The van der Waals surface area contributed by atoms with E-state index < -0.39 is 17.2 Å². The zero-order valence-corrected chi connectivity index (χ0v) is 24.7. The second kappa shape index (κ2) is 11.5. The van der Waals surface area contributed by atoms with Crippen LogP contribution in [-0.4, -0.2) is 49.3 Å². The highest BCUT2D eigenvalue weighted by molar-refractivity contribution is 5.90. The topological polar surface area (TPSA) is 103 Å². The number of carbonyl (C=O) groups is 1. The van der Waals surface area contributed by atoms with E-state index in [2.05, 4.69) is 46.7 Å². The number of amides is 1. The Bertz CT molecular complexity index is 1590. The molecule has 8 nitrogen and oxygen atoms in total. The predicted octanol–water partition coefficient (Wildman–Crippen LogP) is 6.79. The van der Waals surface area contributed by atoms with Crippen LogP contribution in [0, 0.1) is 0 Å². The first-order valence-corrected chi connectivity index (χ1v) is 14.7. The van der Waals surface area contributed by atoms with E-state index in [4.69, 9.17) is 14.7 Å². The molecule has 1 aliphatic rings. The van der Waals surface area contributed by atoms with Crippen LogP contribution in [0.4, 0.5) is 10.6 Å². The number of aromatic amines is 1. The molecule has 1 aliphatic heterocycles. The van der Waals surface area contributed by atoms with Crippen molar-refractivity contribution in [2.24, 2.45) is 0 Å². The summed E-state index contributed by atoms with van der Waals surface area (Å²) in [6.45, 7) is 5.41. The minimum atomic E-state index is -0.770. The van der Waals surface area contributed by atoms with E-state index in [0.29, 0.717) is 18.7 Å². The molecule has 0 bridgehead atoms. The molecule has 3 N–H and O–H groups in total. The highest BCUT2D eigenvalue weighted by Gasteiger charge is 2.42. The van der Waals surface area contributed by atoms with Crippen molar-refractivity contribution in [3.8, 4) is 0 Å². The van der Waals surface area contributed by atoms with E-state index in [9.17, 15) is 9.90 Å². The van der Waals surface area contributed by atoms with E-state index >= 15 is 0 Å². The Morgan fingerprint density at radius 2 is 1.47 bits per heavy atom. The van der Waals surface area contributed by atoms with Gasteiger partial charge in [-0.25, -0.2) is 14.8 Å². The first kappa shape index (κ1) is 28.4. The molecular formula is C35H37N5O3. The number of hydrogen-bond acceptors (Lipinski definition) is 6. The third kappa shape index (κ3) is 5.34. The average molecular weight is 576 g/mol. The van der Waals surface area contributed by atoms with Gasteiger partial charge in [0, 0.05) is 11.8 Å². The average Bonchev–Trinajstić information content (AvgIpc) is 3.65. The number of fused-ring (bicyclic) bond motifs is 1. The fourth-order valence-corrected chi connectivity index (χ4v) is 6.23. The van der Waals surface area contributed by atoms with Crippen molar-refractivity contribution in [3.05, 3.63) is 126 Å². The van der Waals surface area contributed by atoms with E-state index in [-0.39, 0.29) is 18.7 Å². The van der Waals surface area contributed by atoms with Crippen LogP contribution in [-0.2, 0) is 10.3 Å². The zero-order chi connectivity index (χ0) is 30.0. The maximum Gasteiger partial charge on any atom is 0.411 e. The van der Waals surface area contributed by atoms with Crippen molar-refractivity contribution in [2.75, 3.05) is 11.9 Å². The number of rotatable bonds is 7. The third-order valence-corrected chi connectivity index (χ3v) is 8.10. The molecule has 220 valence electrons. The largest absolute Gasteiger partial charge is 0.444 e. The lowest BCUT2D eigenvalue weighted by molar-refractivity contribution is 0.00880. The van der Waals surface area contributed by atoms with Gasteiger partial charge in [0.1, 0.15) is 23.0 Å². The molecule has 1 fully saturated rings. The number of anilines is 1. The summed E-state index contributed by atoms with van der Waals surface area (Å²) < 4.78 is 5.75. The summed E-state index contributed by atoms with van der Waals surface area (Å²) in [5.74, 6) is 0.633. The van der Waals surface area contributed by atoms with Gasteiger partial charge in [0.05, 0.1) is 24.2 Å². The molecule has 0 spiro atoms. The van der Waals surface area contributed by atoms with Gasteiger partial charge in [-0.2, -0.15) is 0 Å². The molecule has 1 amide bonds. The highest BCUT2D eigenvalue weighted by atomic mass is 16.6. The van der Waals surface area contributed by atoms with Crippen LogP contribution in [0.25, 0.3) is 11.0 Å². The molecular weight excluding hydrogens is 538 g/mol. The number of carbonyl (C=O) groups excluding carboxylic acids is 1. The summed E-state index contributed by atoms with van der Waals surface area (Å²) in [5.41, 5.74) is 4.08. The number of H-pyrrole nitrogens is 1. The molecule has 0 aliphatic carbocycles. The molecule has 3 heterocycles. The normalized spacial score (nSPS) is 17.3. The Labute approximate surface area is 251 Å². The molecule has 3 aromatic carbocycles. The number of aromatic nitrogens is 3. The molecule has 6 rings (SSSR count). The molecule has 5 aromatic rings. The van der Waals surface area contributed by atoms with Gasteiger partial charge in [0.2, 0.25) is 0 Å². The summed E-state index contributed by atoms with van der Waals surface area (Å²) in [6, 6.07) is 30.4. The Morgan fingerprint density at radius 3 is 1.98 bits per heavy atom. The number of nitrogens with one attached hydrogen (secondary N) is 2. The van der Waals surface area contributed by atoms with Crippen LogP contribution in [0.1, 0.15) is 61.9 Å². The quantitative estimate of drug-likeness (QED) is 0.185. The van der Waals surface area contributed by atoms with Crippen molar-refractivity contribution in [1.29, 1.82) is 0 Å². The van der Waals surface area contributed by atoms with Gasteiger partial charge in [-0.3, -0.25) is 4.90 Å². The summed E-state index contributed by atoms with van der Waals surface area (Å²) in [4.78, 5) is 27.9. The Morgan fingerprint density at radius 1 is 0.907 bits per heavy atom. The van der Waals surface area contributed by atoms with E-state index in [1.807, 2.05) is 81.6 Å². The summed E-state index contributed by atoms with van der Waals surface area (Å²) in [6.07, 6.45) is 4.38. The molecule has 8 heteroatoms. The van der Waals surface area contributed by atoms with Gasteiger partial charge in [0.15, 0.2) is 5.82 Å². The zero-order valence-electron chi connectivity index (χ0n) is 24.7. The van der Waals surface area contributed by atoms with Gasteiger partial charge < -0.3 is 20.1 Å². The number of nitrogens with zero attached hydrogens (tertiary/aromatic N) is 3. The van der Waals surface area contributed by atoms with Crippen LogP contribution in [0.15, 0.2) is 104 Å². The maximum atomic E-state index is 13.3. The summed E-state index contributed by atoms with van der Waals surface area (Å²) in [7, 11) is 0. The van der Waals surface area contributed by atoms with Crippen molar-refractivity contribution in [3.63, 3.8) is 0 Å². The highest BCUT2D eigenvalue weighted by Crippen LogP contribution is 2.43. The van der Waals surface area contributed by atoms with Crippen LogP contribution in [0.3, 0.4) is 0 Å². The smallest absolute Gasteiger partial charge is 0.411 e. The monoisotopic (exact) mass is 575 g/mol. The molecule has 0 radical (unpaired) electrons. The number of benzene rings is 3. The number of likely N-dealkylation sites (tertiary alicyclic amines) is 1. The minimum Gasteiger partial charge on any atom is -0.444 e. The fourth-order valence-electron chi connectivity index (χ4n) is 6.23. The molecule has 1 saturated heterocycles. The molecule has 43 heavy (non-hydrogen) atoms. The maximum absolute atomic E-state index is 13.3. The van der Waals surface area contributed by atoms with Gasteiger partial charge in [-0.1, -0.05) is 91.0 Å². The second-order valence-electron chi connectivity index (χ2n) is 12.0. The minimum absolute atomic E-state index is 0.131. The Hall–Kier alpha value is -4.69. The number of hydrogen-bond donors (Lipinski definition) is 3. The van der Waals surface area contributed by atoms with Gasteiger partial charge in [-0.15, -0.1) is 0 Å². The van der Waals surface area contributed by atoms with Crippen molar-refractivity contribution in [1.82, 2.24) is 19.9 Å². The van der Waals surface area contributed by atoms with Crippen LogP contribution in [0.2, 0.25) is 0 Å². The summed E-state index contributed by atoms with van der Waals surface area (Å²) in [5, 5.41) is 14.0. The van der Waals surface area contributed by atoms with Crippen molar-refractivity contribution >= 4 is 22.9 Å². The van der Waals surface area contributed by atoms with Crippen LogP contribution >= 0.6 is 0 Å². The van der Waals surface area contributed by atoms with E-state index in [0.717, 1.165) is 33.3 Å². The first-order valence-electron chi connectivity index (χ1n) is 14.7. The number of ether oxygens (including phenoxy) is 1. The predicted molar refractivity (Wildman–Crippen MR) is 168 cm³/mol.